The molecule has 1 aromatic rings. The van der Waals surface area contributed by atoms with Crippen LogP contribution in [0.1, 0.15) is 56.6 Å². The van der Waals surface area contributed by atoms with Gasteiger partial charge in [0.1, 0.15) is 0 Å². The summed E-state index contributed by atoms with van der Waals surface area (Å²) in [6, 6.07) is 8.57. The summed E-state index contributed by atoms with van der Waals surface area (Å²) in [4.78, 5) is 11.2. The molecular weight excluding hydrogens is 212 g/mol. The summed E-state index contributed by atoms with van der Waals surface area (Å²) in [6.07, 6.45) is 1.59. The highest BCUT2D eigenvalue weighted by Crippen LogP contribution is 2.23. The van der Waals surface area contributed by atoms with Crippen molar-refractivity contribution in [3.8, 4) is 0 Å². The topological polar surface area (TPSA) is 26.3 Å². The van der Waals surface area contributed by atoms with Crippen molar-refractivity contribution in [2.24, 2.45) is 0 Å². The van der Waals surface area contributed by atoms with Gasteiger partial charge in [0, 0.05) is 0 Å². The third-order valence-corrected chi connectivity index (χ3v) is 3.39. The van der Waals surface area contributed by atoms with Gasteiger partial charge in [0.2, 0.25) is 0 Å². The van der Waals surface area contributed by atoms with Gasteiger partial charge in [-0.15, -0.1) is 0 Å². The van der Waals surface area contributed by atoms with Crippen LogP contribution in [0.15, 0.2) is 24.3 Å². The molecule has 0 aromatic heterocycles. The van der Waals surface area contributed by atoms with Crippen molar-refractivity contribution >= 4 is 5.97 Å². The molecule has 0 fully saturated rings. The van der Waals surface area contributed by atoms with Crippen LogP contribution in [0.2, 0.25) is 0 Å². The maximum absolute atomic E-state index is 11.2. The average Bonchev–Trinajstić information content (AvgIpc) is 2.37. The second-order valence-electron chi connectivity index (χ2n) is 4.66. The van der Waals surface area contributed by atoms with Crippen molar-refractivity contribution in [1.82, 2.24) is 0 Å². The Balaban J connectivity index is 2.70. The number of carbonyl (C=O) groups is 1. The van der Waals surface area contributed by atoms with Gasteiger partial charge in [-0.2, -0.15) is 0 Å². The molecule has 0 aliphatic rings. The summed E-state index contributed by atoms with van der Waals surface area (Å²) in [5, 5.41) is 0. The minimum atomic E-state index is -0.150. The summed E-state index contributed by atoms with van der Waals surface area (Å²) >= 11 is 0. The Morgan fingerprint density at radius 3 is 2.00 bits per heavy atom. The van der Waals surface area contributed by atoms with Crippen molar-refractivity contribution in [2.45, 2.75) is 45.4 Å². The van der Waals surface area contributed by atoms with E-state index in [1.165, 1.54) is 18.2 Å². The van der Waals surface area contributed by atoms with Crippen LogP contribution in [-0.2, 0) is 9.53 Å². The van der Waals surface area contributed by atoms with E-state index in [2.05, 4.69) is 49.8 Å². The normalized spacial score (nSPS) is 14.1. The van der Waals surface area contributed by atoms with E-state index < -0.39 is 0 Å². The fourth-order valence-electron chi connectivity index (χ4n) is 1.84. The SMILES string of the molecule is CCC(C)c1ccc(C(C)CC(=O)OC)cc1. The summed E-state index contributed by atoms with van der Waals surface area (Å²) in [7, 11) is 1.43. The molecule has 0 aliphatic heterocycles. The Morgan fingerprint density at radius 1 is 1.12 bits per heavy atom. The third-order valence-electron chi connectivity index (χ3n) is 3.39. The number of rotatable bonds is 5. The zero-order valence-electron chi connectivity index (χ0n) is 11.2. The van der Waals surface area contributed by atoms with Gasteiger partial charge in [-0.05, 0) is 29.4 Å². The van der Waals surface area contributed by atoms with Gasteiger partial charge >= 0.3 is 5.97 Å². The molecule has 2 heteroatoms. The predicted molar refractivity (Wildman–Crippen MR) is 70.2 cm³/mol. The lowest BCUT2D eigenvalue weighted by Gasteiger charge is -2.13. The first-order valence-electron chi connectivity index (χ1n) is 6.25. The van der Waals surface area contributed by atoms with Gasteiger partial charge in [0.05, 0.1) is 13.5 Å². The number of benzene rings is 1. The molecule has 0 aliphatic carbocycles. The first-order valence-corrected chi connectivity index (χ1v) is 6.25. The number of ether oxygens (including phenoxy) is 1. The zero-order valence-corrected chi connectivity index (χ0v) is 11.2. The van der Waals surface area contributed by atoms with Gasteiger partial charge in [-0.1, -0.05) is 45.0 Å². The molecule has 0 N–H and O–H groups in total. The van der Waals surface area contributed by atoms with E-state index in [9.17, 15) is 4.79 Å². The lowest BCUT2D eigenvalue weighted by atomic mass is 9.93. The van der Waals surface area contributed by atoms with Crippen molar-refractivity contribution in [2.75, 3.05) is 7.11 Å². The molecule has 0 radical (unpaired) electrons. The maximum atomic E-state index is 11.2. The van der Waals surface area contributed by atoms with E-state index in [0.29, 0.717) is 12.3 Å². The minimum absolute atomic E-state index is 0.150. The fraction of sp³-hybridized carbons (Fsp3) is 0.533. The summed E-state index contributed by atoms with van der Waals surface area (Å²) < 4.78 is 4.68. The summed E-state index contributed by atoms with van der Waals surface area (Å²) in [5.74, 6) is 0.664. The van der Waals surface area contributed by atoms with E-state index in [1.807, 2.05) is 0 Å². The number of methoxy groups -OCH3 is 1. The van der Waals surface area contributed by atoms with E-state index in [-0.39, 0.29) is 11.9 Å². The largest absolute Gasteiger partial charge is 0.469 e. The smallest absolute Gasteiger partial charge is 0.306 e. The number of esters is 1. The lowest BCUT2D eigenvalue weighted by molar-refractivity contribution is -0.140. The Kier molecular flexibility index (Phi) is 5.20. The van der Waals surface area contributed by atoms with Crippen LogP contribution < -0.4 is 0 Å². The molecule has 0 heterocycles. The predicted octanol–water partition coefficient (Wildman–Crippen LogP) is 3.87. The Bertz CT molecular complexity index is 354. The van der Waals surface area contributed by atoms with Crippen LogP contribution in [0.25, 0.3) is 0 Å². The summed E-state index contributed by atoms with van der Waals surface area (Å²) in [6.45, 7) is 6.47. The molecule has 1 rings (SSSR count). The van der Waals surface area contributed by atoms with Gasteiger partial charge in [0.25, 0.3) is 0 Å². The van der Waals surface area contributed by atoms with E-state index >= 15 is 0 Å². The zero-order chi connectivity index (χ0) is 12.8. The van der Waals surface area contributed by atoms with Crippen LogP contribution in [0.3, 0.4) is 0 Å². The molecule has 1 aromatic carbocycles. The molecular formula is C15H22O2. The van der Waals surface area contributed by atoms with Crippen molar-refractivity contribution in [3.05, 3.63) is 35.4 Å². The molecule has 2 atom stereocenters. The van der Waals surface area contributed by atoms with Crippen molar-refractivity contribution in [3.63, 3.8) is 0 Å². The van der Waals surface area contributed by atoms with Crippen LogP contribution in [0, 0.1) is 0 Å². The highest BCUT2D eigenvalue weighted by molar-refractivity contribution is 5.70. The standard InChI is InChI=1S/C15H22O2/c1-5-11(2)13-6-8-14(9-7-13)12(3)10-15(16)17-4/h6-9,11-12H,5,10H2,1-4H3. The maximum Gasteiger partial charge on any atom is 0.306 e. The van der Waals surface area contributed by atoms with E-state index in [1.54, 1.807) is 0 Å². The van der Waals surface area contributed by atoms with Crippen LogP contribution in [0.4, 0.5) is 0 Å². The van der Waals surface area contributed by atoms with Crippen LogP contribution in [-0.4, -0.2) is 13.1 Å². The van der Waals surface area contributed by atoms with Gasteiger partial charge in [0.15, 0.2) is 0 Å². The number of hydrogen-bond donors (Lipinski definition) is 0. The quantitative estimate of drug-likeness (QED) is 0.723. The third kappa shape index (κ3) is 3.88. The molecule has 0 bridgehead atoms. The summed E-state index contributed by atoms with van der Waals surface area (Å²) in [5.41, 5.74) is 2.56. The Morgan fingerprint density at radius 2 is 1.59 bits per heavy atom. The highest BCUT2D eigenvalue weighted by atomic mass is 16.5. The molecule has 0 spiro atoms. The Labute approximate surface area is 104 Å². The lowest BCUT2D eigenvalue weighted by Crippen LogP contribution is -2.06. The van der Waals surface area contributed by atoms with Gasteiger partial charge in [-0.25, -0.2) is 0 Å². The molecule has 0 saturated carbocycles. The van der Waals surface area contributed by atoms with Gasteiger partial charge in [-0.3, -0.25) is 4.79 Å². The molecule has 94 valence electrons. The van der Waals surface area contributed by atoms with Crippen molar-refractivity contribution < 1.29 is 9.53 Å². The first kappa shape index (κ1) is 13.8. The fourth-order valence-corrected chi connectivity index (χ4v) is 1.84. The van der Waals surface area contributed by atoms with E-state index in [4.69, 9.17) is 0 Å². The van der Waals surface area contributed by atoms with Crippen LogP contribution in [0.5, 0.6) is 0 Å². The van der Waals surface area contributed by atoms with Gasteiger partial charge < -0.3 is 4.74 Å². The molecule has 0 saturated heterocycles. The minimum Gasteiger partial charge on any atom is -0.469 e. The first-order chi connectivity index (χ1) is 8.08. The average molecular weight is 234 g/mol. The second-order valence-corrected chi connectivity index (χ2v) is 4.66. The van der Waals surface area contributed by atoms with Crippen LogP contribution >= 0.6 is 0 Å². The molecule has 2 nitrogen and oxygen atoms in total. The second kappa shape index (κ2) is 6.43. The molecule has 2 unspecified atom stereocenters. The van der Waals surface area contributed by atoms with E-state index in [0.717, 1.165) is 6.42 Å². The number of carbonyl (C=O) groups excluding carboxylic acids is 1. The Hall–Kier alpha value is -1.31. The monoisotopic (exact) mass is 234 g/mol. The molecule has 17 heavy (non-hydrogen) atoms. The van der Waals surface area contributed by atoms with Crippen molar-refractivity contribution in [1.29, 1.82) is 0 Å². The highest BCUT2D eigenvalue weighted by Gasteiger charge is 2.11. The molecule has 0 amide bonds. The number of hydrogen-bond acceptors (Lipinski definition) is 2.